The number of nitrogens with one attached hydrogen (secondary N) is 2. The molecule has 7 heteroatoms. The number of aromatic nitrogens is 3. The fourth-order valence-corrected chi connectivity index (χ4v) is 1.61. The Balaban J connectivity index is 1.58. The molecule has 2 rings (SSSR count). The van der Waals surface area contributed by atoms with Crippen LogP contribution in [-0.4, -0.2) is 54.6 Å². The summed E-state index contributed by atoms with van der Waals surface area (Å²) in [6.07, 6.45) is 3.03. The Hall–Kier alpha value is -1.47. The Morgan fingerprint density at radius 3 is 3.00 bits per heavy atom. The Labute approximate surface area is 112 Å². The molecule has 0 spiro atoms. The second-order valence-electron chi connectivity index (χ2n) is 4.53. The van der Waals surface area contributed by atoms with Gasteiger partial charge in [-0.3, -0.25) is 9.89 Å². The number of amides is 1. The predicted molar refractivity (Wildman–Crippen MR) is 68.0 cm³/mol. The lowest BCUT2D eigenvalue weighted by atomic mass is 10.4. The summed E-state index contributed by atoms with van der Waals surface area (Å²) in [6.45, 7) is 2.33. The van der Waals surface area contributed by atoms with E-state index in [9.17, 15) is 4.79 Å². The zero-order valence-electron chi connectivity index (χ0n) is 11.1. The topological polar surface area (TPSA) is 89.1 Å². The highest BCUT2D eigenvalue weighted by Crippen LogP contribution is 2.37. The highest BCUT2D eigenvalue weighted by Gasteiger charge is 2.28. The van der Waals surface area contributed by atoms with Crippen molar-refractivity contribution in [2.24, 2.45) is 0 Å². The van der Waals surface area contributed by atoms with Crippen molar-refractivity contribution in [3.8, 4) is 0 Å². The van der Waals surface area contributed by atoms with Crippen LogP contribution in [-0.2, 0) is 9.47 Å². The standard InChI is InChI=1S/C12H20N4O3/c1-18-7-8-19-6-2-5-13-12(17)11-14-10(15-16-11)9-3-4-9/h9H,2-8H2,1H3,(H,13,17)(H,14,15,16). The second-order valence-corrected chi connectivity index (χ2v) is 4.53. The van der Waals surface area contributed by atoms with Crippen molar-refractivity contribution < 1.29 is 14.3 Å². The van der Waals surface area contributed by atoms with Gasteiger partial charge in [-0.15, -0.1) is 5.10 Å². The van der Waals surface area contributed by atoms with E-state index in [-0.39, 0.29) is 11.7 Å². The Bertz CT molecular complexity index is 403. The van der Waals surface area contributed by atoms with E-state index in [4.69, 9.17) is 9.47 Å². The SMILES string of the molecule is COCCOCCCNC(=O)c1n[nH]c(C2CC2)n1. The number of rotatable bonds is 9. The molecule has 0 atom stereocenters. The summed E-state index contributed by atoms with van der Waals surface area (Å²) in [5, 5.41) is 9.50. The van der Waals surface area contributed by atoms with Crippen LogP contribution in [0.3, 0.4) is 0 Å². The first-order chi connectivity index (χ1) is 9.31. The monoisotopic (exact) mass is 268 g/mol. The molecule has 1 aliphatic rings. The lowest BCUT2D eigenvalue weighted by molar-refractivity contribution is 0.0688. The smallest absolute Gasteiger partial charge is 0.290 e. The molecule has 7 nitrogen and oxygen atoms in total. The van der Waals surface area contributed by atoms with Crippen LogP contribution in [0.2, 0.25) is 0 Å². The minimum Gasteiger partial charge on any atom is -0.382 e. The molecule has 0 aromatic carbocycles. The van der Waals surface area contributed by atoms with E-state index in [1.165, 1.54) is 0 Å². The van der Waals surface area contributed by atoms with Gasteiger partial charge in [-0.05, 0) is 19.3 Å². The third-order valence-electron chi connectivity index (χ3n) is 2.85. The van der Waals surface area contributed by atoms with Gasteiger partial charge in [0.1, 0.15) is 5.82 Å². The van der Waals surface area contributed by atoms with Crippen LogP contribution in [0.1, 0.15) is 41.6 Å². The van der Waals surface area contributed by atoms with Gasteiger partial charge in [0, 0.05) is 26.2 Å². The van der Waals surface area contributed by atoms with E-state index in [1.54, 1.807) is 7.11 Å². The molecule has 2 N–H and O–H groups in total. The Morgan fingerprint density at radius 2 is 2.26 bits per heavy atom. The maximum absolute atomic E-state index is 11.7. The predicted octanol–water partition coefficient (Wildman–Crippen LogP) is 0.465. The molecule has 1 heterocycles. The second kappa shape index (κ2) is 7.20. The number of ether oxygens (including phenoxy) is 2. The third-order valence-corrected chi connectivity index (χ3v) is 2.85. The lowest BCUT2D eigenvalue weighted by Gasteiger charge is -2.04. The summed E-state index contributed by atoms with van der Waals surface area (Å²) in [5.41, 5.74) is 0. The van der Waals surface area contributed by atoms with Crippen LogP contribution >= 0.6 is 0 Å². The quantitative estimate of drug-likeness (QED) is 0.635. The molecule has 1 fully saturated rings. The molecule has 0 radical (unpaired) electrons. The third kappa shape index (κ3) is 4.60. The average Bonchev–Trinajstić information content (AvgIpc) is 3.15. The molecular formula is C12H20N4O3. The maximum atomic E-state index is 11.7. The van der Waals surface area contributed by atoms with Gasteiger partial charge in [-0.2, -0.15) is 0 Å². The van der Waals surface area contributed by atoms with Crippen molar-refractivity contribution in [1.29, 1.82) is 0 Å². The number of aromatic amines is 1. The zero-order valence-corrected chi connectivity index (χ0v) is 11.1. The maximum Gasteiger partial charge on any atom is 0.290 e. The molecule has 0 aliphatic heterocycles. The van der Waals surface area contributed by atoms with E-state index in [2.05, 4.69) is 20.5 Å². The van der Waals surface area contributed by atoms with Crippen molar-refractivity contribution in [3.63, 3.8) is 0 Å². The van der Waals surface area contributed by atoms with Crippen LogP contribution in [0.4, 0.5) is 0 Å². The lowest BCUT2D eigenvalue weighted by Crippen LogP contribution is -2.26. The number of H-pyrrole nitrogens is 1. The van der Waals surface area contributed by atoms with Crippen molar-refractivity contribution in [2.45, 2.75) is 25.2 Å². The molecule has 1 saturated carbocycles. The Morgan fingerprint density at radius 1 is 1.42 bits per heavy atom. The van der Waals surface area contributed by atoms with Gasteiger partial charge in [-0.1, -0.05) is 0 Å². The number of methoxy groups -OCH3 is 1. The van der Waals surface area contributed by atoms with Crippen molar-refractivity contribution >= 4 is 5.91 Å². The summed E-state index contributed by atoms with van der Waals surface area (Å²) in [5.74, 6) is 1.29. The molecule has 106 valence electrons. The van der Waals surface area contributed by atoms with Crippen LogP contribution < -0.4 is 5.32 Å². The summed E-state index contributed by atoms with van der Waals surface area (Å²) >= 11 is 0. The van der Waals surface area contributed by atoms with Crippen molar-refractivity contribution in [2.75, 3.05) is 33.5 Å². The van der Waals surface area contributed by atoms with Gasteiger partial charge in [0.15, 0.2) is 0 Å². The van der Waals surface area contributed by atoms with E-state index in [0.717, 1.165) is 25.1 Å². The van der Waals surface area contributed by atoms with Crippen LogP contribution in [0.5, 0.6) is 0 Å². The van der Waals surface area contributed by atoms with Crippen molar-refractivity contribution in [1.82, 2.24) is 20.5 Å². The van der Waals surface area contributed by atoms with E-state index < -0.39 is 0 Å². The van der Waals surface area contributed by atoms with Crippen molar-refractivity contribution in [3.05, 3.63) is 11.6 Å². The zero-order chi connectivity index (χ0) is 13.5. The van der Waals surface area contributed by atoms with E-state index in [0.29, 0.717) is 32.3 Å². The molecule has 0 saturated heterocycles. The van der Waals surface area contributed by atoms with Crippen LogP contribution in [0.25, 0.3) is 0 Å². The van der Waals surface area contributed by atoms with Gasteiger partial charge < -0.3 is 14.8 Å². The summed E-state index contributed by atoms with van der Waals surface area (Å²) < 4.78 is 10.1. The first-order valence-electron chi connectivity index (χ1n) is 6.58. The summed E-state index contributed by atoms with van der Waals surface area (Å²) in [4.78, 5) is 15.9. The van der Waals surface area contributed by atoms with Crippen LogP contribution in [0.15, 0.2) is 0 Å². The number of hydrogen-bond donors (Lipinski definition) is 2. The molecule has 0 bridgehead atoms. The fourth-order valence-electron chi connectivity index (χ4n) is 1.61. The van der Waals surface area contributed by atoms with E-state index in [1.807, 2.05) is 0 Å². The number of carbonyl (C=O) groups is 1. The molecule has 1 aromatic rings. The first kappa shape index (κ1) is 14.0. The fraction of sp³-hybridized carbons (Fsp3) is 0.750. The Kier molecular flexibility index (Phi) is 5.29. The molecule has 1 amide bonds. The number of hydrogen-bond acceptors (Lipinski definition) is 5. The molecule has 19 heavy (non-hydrogen) atoms. The highest BCUT2D eigenvalue weighted by molar-refractivity contribution is 5.90. The van der Waals surface area contributed by atoms with Gasteiger partial charge in [0.25, 0.3) is 5.91 Å². The number of nitrogens with zero attached hydrogens (tertiary/aromatic N) is 2. The minimum absolute atomic E-state index is 0.224. The molecule has 0 unspecified atom stereocenters. The summed E-state index contributed by atoms with van der Waals surface area (Å²) in [6, 6.07) is 0. The molecule has 1 aromatic heterocycles. The molecule has 1 aliphatic carbocycles. The van der Waals surface area contributed by atoms with Gasteiger partial charge >= 0.3 is 0 Å². The minimum atomic E-state index is -0.236. The van der Waals surface area contributed by atoms with Gasteiger partial charge in [-0.25, -0.2) is 4.98 Å². The van der Waals surface area contributed by atoms with E-state index >= 15 is 0 Å². The van der Waals surface area contributed by atoms with Gasteiger partial charge in [0.05, 0.1) is 13.2 Å². The highest BCUT2D eigenvalue weighted by atomic mass is 16.5. The van der Waals surface area contributed by atoms with Crippen LogP contribution in [0, 0.1) is 0 Å². The summed E-state index contributed by atoms with van der Waals surface area (Å²) in [7, 11) is 1.64. The first-order valence-corrected chi connectivity index (χ1v) is 6.58. The normalized spacial score (nSPS) is 14.6. The average molecular weight is 268 g/mol. The molecular weight excluding hydrogens is 248 g/mol. The largest absolute Gasteiger partial charge is 0.382 e. The van der Waals surface area contributed by atoms with Gasteiger partial charge in [0.2, 0.25) is 5.82 Å². The number of carbonyl (C=O) groups excluding carboxylic acids is 1.